The lowest BCUT2D eigenvalue weighted by Crippen LogP contribution is -2.33. The largest absolute Gasteiger partial charge is 0.395 e. The van der Waals surface area contributed by atoms with Gasteiger partial charge in [0.05, 0.1) is 12.2 Å². The molecule has 0 aliphatic rings. The van der Waals surface area contributed by atoms with Crippen LogP contribution in [0, 0.1) is 0 Å². The van der Waals surface area contributed by atoms with E-state index < -0.39 is 0 Å². The second kappa shape index (κ2) is 7.67. The van der Waals surface area contributed by atoms with E-state index in [9.17, 15) is 4.79 Å². The van der Waals surface area contributed by atoms with Gasteiger partial charge in [-0.2, -0.15) is 0 Å². The molecule has 0 saturated heterocycles. The van der Waals surface area contributed by atoms with Crippen molar-refractivity contribution in [1.82, 2.24) is 4.90 Å². The summed E-state index contributed by atoms with van der Waals surface area (Å²) in [6.45, 7) is 4.82. The predicted molar refractivity (Wildman–Crippen MR) is 76.5 cm³/mol. The molecule has 3 nitrogen and oxygen atoms in total. The van der Waals surface area contributed by atoms with Crippen molar-refractivity contribution < 1.29 is 9.90 Å². The minimum atomic E-state index is -0.0787. The Morgan fingerprint density at radius 3 is 2.72 bits per heavy atom. The number of benzene rings is 1. The number of hydrogen-bond acceptors (Lipinski definition) is 3. The zero-order valence-corrected chi connectivity index (χ0v) is 12.2. The molecule has 5 heteroatoms. The number of thioether (sulfide) groups is 1. The maximum Gasteiger partial charge on any atom is 0.255 e. The fourth-order valence-corrected chi connectivity index (χ4v) is 2.59. The third-order valence-electron chi connectivity index (χ3n) is 2.51. The normalized spacial score (nSPS) is 10.4. The molecule has 1 aromatic rings. The molecule has 0 aliphatic heterocycles. The molecule has 0 unspecified atom stereocenters. The zero-order valence-electron chi connectivity index (χ0n) is 10.6. The lowest BCUT2D eigenvalue weighted by molar-refractivity contribution is 0.0728. The Morgan fingerprint density at radius 1 is 1.44 bits per heavy atom. The van der Waals surface area contributed by atoms with Crippen LogP contribution in [-0.2, 0) is 0 Å². The van der Waals surface area contributed by atoms with Crippen molar-refractivity contribution in [3.8, 4) is 0 Å². The number of amides is 1. The topological polar surface area (TPSA) is 40.5 Å². The zero-order chi connectivity index (χ0) is 13.5. The smallest absolute Gasteiger partial charge is 0.255 e. The van der Waals surface area contributed by atoms with Gasteiger partial charge in [-0.05, 0) is 30.9 Å². The number of aliphatic hydroxyl groups is 1. The van der Waals surface area contributed by atoms with Crippen molar-refractivity contribution >= 4 is 29.3 Å². The first-order valence-electron chi connectivity index (χ1n) is 5.96. The van der Waals surface area contributed by atoms with Crippen molar-refractivity contribution in [2.24, 2.45) is 0 Å². The molecular weight excluding hydrogens is 270 g/mol. The van der Waals surface area contributed by atoms with Gasteiger partial charge in [0.2, 0.25) is 0 Å². The maximum atomic E-state index is 12.4. The van der Waals surface area contributed by atoms with E-state index in [4.69, 9.17) is 16.7 Å². The van der Waals surface area contributed by atoms with Gasteiger partial charge >= 0.3 is 0 Å². The average Bonchev–Trinajstić information content (AvgIpc) is 2.37. The Hall–Kier alpha value is -0.710. The minimum Gasteiger partial charge on any atom is -0.395 e. The van der Waals surface area contributed by atoms with E-state index in [1.54, 1.807) is 28.8 Å². The highest BCUT2D eigenvalue weighted by Crippen LogP contribution is 2.26. The first-order valence-corrected chi connectivity index (χ1v) is 7.32. The molecular formula is C13H18ClNO2S. The van der Waals surface area contributed by atoms with Gasteiger partial charge in [0.1, 0.15) is 0 Å². The van der Waals surface area contributed by atoms with Crippen LogP contribution in [0.1, 0.15) is 24.2 Å². The summed E-state index contributed by atoms with van der Waals surface area (Å²) in [4.78, 5) is 14.9. The molecule has 0 aromatic heterocycles. The van der Waals surface area contributed by atoms with Gasteiger partial charge in [-0.3, -0.25) is 4.79 Å². The van der Waals surface area contributed by atoms with Gasteiger partial charge in [-0.1, -0.05) is 18.5 Å². The summed E-state index contributed by atoms with van der Waals surface area (Å²) in [7, 11) is 0. The third-order valence-corrected chi connectivity index (χ3v) is 3.70. The highest BCUT2D eigenvalue weighted by molar-refractivity contribution is 7.99. The van der Waals surface area contributed by atoms with Crippen molar-refractivity contribution in [2.45, 2.75) is 18.7 Å². The van der Waals surface area contributed by atoms with Crippen LogP contribution >= 0.6 is 23.4 Å². The molecule has 1 aromatic carbocycles. The molecule has 100 valence electrons. The first kappa shape index (κ1) is 15.3. The number of hydrogen-bond donors (Lipinski definition) is 1. The summed E-state index contributed by atoms with van der Waals surface area (Å²) < 4.78 is 0. The Morgan fingerprint density at radius 2 is 2.17 bits per heavy atom. The summed E-state index contributed by atoms with van der Waals surface area (Å²) in [6.07, 6.45) is 0. The second-order valence-corrected chi connectivity index (χ2v) is 5.42. The monoisotopic (exact) mass is 287 g/mol. The molecule has 0 fully saturated rings. The standard InChI is InChI=1S/C13H18ClNO2S/c1-3-15(7-8-16)13(17)11-9-10(14)5-6-12(11)18-4-2/h5-6,9,16H,3-4,7-8H2,1-2H3. The van der Waals surface area contributed by atoms with Crippen LogP contribution in [0.5, 0.6) is 0 Å². The van der Waals surface area contributed by atoms with Crippen LogP contribution in [-0.4, -0.2) is 41.4 Å². The Bertz CT molecular complexity index is 412. The van der Waals surface area contributed by atoms with Gasteiger partial charge < -0.3 is 10.0 Å². The number of likely N-dealkylation sites (N-methyl/N-ethyl adjacent to an activating group) is 1. The van der Waals surface area contributed by atoms with Crippen LogP contribution in [0.4, 0.5) is 0 Å². The van der Waals surface area contributed by atoms with Crippen molar-refractivity contribution in [3.05, 3.63) is 28.8 Å². The number of rotatable bonds is 6. The quantitative estimate of drug-likeness (QED) is 0.818. The molecule has 1 rings (SSSR count). The molecule has 0 radical (unpaired) electrons. The fourth-order valence-electron chi connectivity index (χ4n) is 1.65. The number of halogens is 1. The first-order chi connectivity index (χ1) is 8.63. The van der Waals surface area contributed by atoms with Gasteiger partial charge in [0.25, 0.3) is 5.91 Å². The van der Waals surface area contributed by atoms with Crippen LogP contribution in [0.15, 0.2) is 23.1 Å². The van der Waals surface area contributed by atoms with E-state index in [0.717, 1.165) is 10.6 Å². The lowest BCUT2D eigenvalue weighted by atomic mass is 10.2. The minimum absolute atomic E-state index is 0.0313. The van der Waals surface area contributed by atoms with Crippen LogP contribution in [0.3, 0.4) is 0 Å². The summed E-state index contributed by atoms with van der Waals surface area (Å²) in [6, 6.07) is 5.36. The average molecular weight is 288 g/mol. The molecule has 0 bridgehead atoms. The number of carbonyl (C=O) groups is 1. The fraction of sp³-hybridized carbons (Fsp3) is 0.462. The number of carbonyl (C=O) groups excluding carboxylic acids is 1. The Kier molecular flexibility index (Phi) is 6.54. The van der Waals surface area contributed by atoms with Gasteiger partial charge in [-0.15, -0.1) is 11.8 Å². The lowest BCUT2D eigenvalue weighted by Gasteiger charge is -2.21. The molecule has 0 aliphatic carbocycles. The van der Waals surface area contributed by atoms with Crippen LogP contribution < -0.4 is 0 Å². The molecule has 1 N–H and O–H groups in total. The highest BCUT2D eigenvalue weighted by Gasteiger charge is 2.17. The Balaban J connectivity index is 3.05. The molecule has 0 spiro atoms. The summed E-state index contributed by atoms with van der Waals surface area (Å²) in [5, 5.41) is 9.52. The van der Waals surface area contributed by atoms with E-state index in [1.807, 2.05) is 19.9 Å². The van der Waals surface area contributed by atoms with Crippen molar-refractivity contribution in [3.63, 3.8) is 0 Å². The summed E-state index contributed by atoms with van der Waals surface area (Å²) >= 11 is 7.57. The van der Waals surface area contributed by atoms with Gasteiger partial charge in [0.15, 0.2) is 0 Å². The van der Waals surface area contributed by atoms with Crippen LogP contribution in [0.25, 0.3) is 0 Å². The number of aliphatic hydroxyl groups excluding tert-OH is 1. The molecule has 18 heavy (non-hydrogen) atoms. The van der Waals surface area contributed by atoms with Crippen molar-refractivity contribution in [1.29, 1.82) is 0 Å². The molecule has 1 amide bonds. The molecule has 0 atom stereocenters. The van der Waals surface area contributed by atoms with Gasteiger partial charge in [0, 0.05) is 23.0 Å². The van der Waals surface area contributed by atoms with E-state index in [2.05, 4.69) is 0 Å². The van der Waals surface area contributed by atoms with E-state index >= 15 is 0 Å². The van der Waals surface area contributed by atoms with Crippen molar-refractivity contribution in [2.75, 3.05) is 25.4 Å². The SMILES string of the molecule is CCSc1ccc(Cl)cc1C(=O)N(CC)CCO. The summed E-state index contributed by atoms with van der Waals surface area (Å²) in [5.74, 6) is 0.818. The van der Waals surface area contributed by atoms with E-state index in [0.29, 0.717) is 23.7 Å². The number of nitrogens with zero attached hydrogens (tertiary/aromatic N) is 1. The molecule has 0 saturated carbocycles. The van der Waals surface area contributed by atoms with Gasteiger partial charge in [-0.25, -0.2) is 0 Å². The third kappa shape index (κ3) is 3.90. The van der Waals surface area contributed by atoms with Crippen LogP contribution in [0.2, 0.25) is 5.02 Å². The van der Waals surface area contributed by atoms with E-state index in [-0.39, 0.29) is 12.5 Å². The summed E-state index contributed by atoms with van der Waals surface area (Å²) in [5.41, 5.74) is 0.615. The second-order valence-electron chi connectivity index (χ2n) is 3.68. The van der Waals surface area contributed by atoms with E-state index in [1.165, 1.54) is 0 Å². The maximum absolute atomic E-state index is 12.4. The Labute approximate surface area is 117 Å². The highest BCUT2D eigenvalue weighted by atomic mass is 35.5. The molecule has 0 heterocycles. The predicted octanol–water partition coefficient (Wildman–Crippen LogP) is 2.91.